The van der Waals surface area contributed by atoms with Crippen LogP contribution < -0.4 is 4.90 Å². The number of nitro benzene ring substituents is 1. The molecule has 0 heterocycles. The van der Waals surface area contributed by atoms with Crippen molar-refractivity contribution < 1.29 is 18.1 Å². The van der Waals surface area contributed by atoms with Gasteiger partial charge in [-0.05, 0) is 12.1 Å². The summed E-state index contributed by atoms with van der Waals surface area (Å²) in [7, 11) is 1.24. The Morgan fingerprint density at radius 1 is 1.50 bits per heavy atom. The van der Waals surface area contributed by atoms with Gasteiger partial charge in [0.1, 0.15) is 5.69 Å². The summed E-state index contributed by atoms with van der Waals surface area (Å²) in [6.07, 6.45) is -2.65. The molecule has 1 aromatic carbocycles. The standard InChI is InChI=1S/C9H9F3N2O2/c1-13(5-8(11)12)7-4-2-3-6(10)9(7)14(15)16/h2-4,8H,5H2,1H3. The highest BCUT2D eigenvalue weighted by molar-refractivity contribution is 5.63. The predicted molar refractivity (Wildman–Crippen MR) is 52.3 cm³/mol. The second-order valence-electron chi connectivity index (χ2n) is 3.14. The van der Waals surface area contributed by atoms with Crippen molar-refractivity contribution in [2.75, 3.05) is 18.5 Å². The molecule has 0 aliphatic rings. The van der Waals surface area contributed by atoms with E-state index in [2.05, 4.69) is 0 Å². The van der Waals surface area contributed by atoms with Gasteiger partial charge in [0, 0.05) is 7.05 Å². The number of rotatable bonds is 4. The fourth-order valence-electron chi connectivity index (χ4n) is 1.30. The molecule has 0 saturated heterocycles. The van der Waals surface area contributed by atoms with Crippen LogP contribution in [0.2, 0.25) is 0 Å². The first-order valence-corrected chi connectivity index (χ1v) is 4.35. The maximum absolute atomic E-state index is 13.1. The average Bonchev–Trinajstić information content (AvgIpc) is 2.15. The van der Waals surface area contributed by atoms with Gasteiger partial charge in [-0.25, -0.2) is 8.78 Å². The molecular weight excluding hydrogens is 225 g/mol. The Bertz CT molecular complexity index is 398. The molecule has 0 atom stereocenters. The smallest absolute Gasteiger partial charge is 0.327 e. The molecule has 0 N–H and O–H groups in total. The van der Waals surface area contributed by atoms with Crippen LogP contribution in [0.25, 0.3) is 0 Å². The van der Waals surface area contributed by atoms with Gasteiger partial charge < -0.3 is 4.90 Å². The van der Waals surface area contributed by atoms with Crippen molar-refractivity contribution in [1.29, 1.82) is 0 Å². The zero-order valence-corrected chi connectivity index (χ0v) is 8.36. The quantitative estimate of drug-likeness (QED) is 0.593. The van der Waals surface area contributed by atoms with Crippen molar-refractivity contribution in [3.63, 3.8) is 0 Å². The number of benzene rings is 1. The summed E-state index contributed by atoms with van der Waals surface area (Å²) in [6, 6.07) is 3.38. The molecule has 1 aromatic rings. The molecule has 0 radical (unpaired) electrons. The molecule has 0 bridgehead atoms. The van der Waals surface area contributed by atoms with Gasteiger partial charge in [-0.2, -0.15) is 4.39 Å². The lowest BCUT2D eigenvalue weighted by Crippen LogP contribution is -2.25. The SMILES string of the molecule is CN(CC(F)F)c1cccc(F)c1[N+](=O)[O-]. The fourth-order valence-corrected chi connectivity index (χ4v) is 1.30. The number of nitro groups is 1. The van der Waals surface area contributed by atoms with E-state index < -0.39 is 29.4 Å². The number of hydrogen-bond donors (Lipinski definition) is 0. The van der Waals surface area contributed by atoms with Crippen LogP contribution in [0.15, 0.2) is 18.2 Å². The molecule has 4 nitrogen and oxygen atoms in total. The third-order valence-corrected chi connectivity index (χ3v) is 1.97. The van der Waals surface area contributed by atoms with E-state index in [-0.39, 0.29) is 5.69 Å². The van der Waals surface area contributed by atoms with Gasteiger partial charge in [-0.3, -0.25) is 10.1 Å². The molecule has 0 aliphatic carbocycles. The maximum Gasteiger partial charge on any atom is 0.327 e. The Hall–Kier alpha value is -1.79. The molecular formula is C9H9F3N2O2. The zero-order valence-electron chi connectivity index (χ0n) is 8.36. The Morgan fingerprint density at radius 2 is 2.12 bits per heavy atom. The molecule has 7 heteroatoms. The van der Waals surface area contributed by atoms with Crippen LogP contribution in [-0.4, -0.2) is 24.9 Å². The first-order valence-electron chi connectivity index (χ1n) is 4.35. The van der Waals surface area contributed by atoms with Crippen molar-refractivity contribution in [2.45, 2.75) is 6.43 Å². The number of alkyl halides is 2. The first kappa shape index (κ1) is 12.3. The Kier molecular flexibility index (Phi) is 3.70. The van der Waals surface area contributed by atoms with Gasteiger partial charge in [0.15, 0.2) is 0 Å². The van der Waals surface area contributed by atoms with Crippen LogP contribution in [-0.2, 0) is 0 Å². The minimum atomic E-state index is -2.65. The minimum Gasteiger partial charge on any atom is -0.363 e. The number of anilines is 1. The number of hydrogen-bond acceptors (Lipinski definition) is 3. The van der Waals surface area contributed by atoms with E-state index >= 15 is 0 Å². The van der Waals surface area contributed by atoms with E-state index in [1.165, 1.54) is 19.2 Å². The van der Waals surface area contributed by atoms with E-state index in [1.54, 1.807) is 0 Å². The molecule has 0 unspecified atom stereocenters. The number of halogens is 3. The van der Waals surface area contributed by atoms with Crippen molar-refractivity contribution in [1.82, 2.24) is 0 Å². The van der Waals surface area contributed by atoms with Crippen LogP contribution >= 0.6 is 0 Å². The third kappa shape index (κ3) is 2.62. The highest BCUT2D eigenvalue weighted by Crippen LogP contribution is 2.30. The highest BCUT2D eigenvalue weighted by Gasteiger charge is 2.23. The summed E-state index contributed by atoms with van der Waals surface area (Å²) in [6.45, 7) is -0.690. The molecule has 0 aromatic heterocycles. The van der Waals surface area contributed by atoms with Crippen molar-refractivity contribution in [2.24, 2.45) is 0 Å². The van der Waals surface area contributed by atoms with Crippen LogP contribution in [0, 0.1) is 15.9 Å². The summed E-state index contributed by atoms with van der Waals surface area (Å²) in [5.41, 5.74) is -0.948. The predicted octanol–water partition coefficient (Wildman–Crippen LogP) is 2.44. The van der Waals surface area contributed by atoms with Gasteiger partial charge in [-0.15, -0.1) is 0 Å². The van der Waals surface area contributed by atoms with E-state index in [0.717, 1.165) is 11.0 Å². The van der Waals surface area contributed by atoms with Crippen molar-refractivity contribution in [3.05, 3.63) is 34.1 Å². The average molecular weight is 234 g/mol. The third-order valence-electron chi connectivity index (χ3n) is 1.97. The van der Waals surface area contributed by atoms with Gasteiger partial charge in [0.25, 0.3) is 6.43 Å². The molecule has 0 aliphatic heterocycles. The Morgan fingerprint density at radius 3 is 2.62 bits per heavy atom. The van der Waals surface area contributed by atoms with Gasteiger partial charge in [-0.1, -0.05) is 6.07 Å². The molecule has 0 fully saturated rings. The zero-order chi connectivity index (χ0) is 12.3. The lowest BCUT2D eigenvalue weighted by atomic mass is 10.2. The maximum atomic E-state index is 13.1. The minimum absolute atomic E-state index is 0.162. The lowest BCUT2D eigenvalue weighted by molar-refractivity contribution is -0.386. The highest BCUT2D eigenvalue weighted by atomic mass is 19.3. The van der Waals surface area contributed by atoms with Crippen LogP contribution in [0.3, 0.4) is 0 Å². The van der Waals surface area contributed by atoms with E-state index in [0.29, 0.717) is 0 Å². The van der Waals surface area contributed by atoms with E-state index in [1.807, 2.05) is 0 Å². The van der Waals surface area contributed by atoms with Crippen molar-refractivity contribution in [3.8, 4) is 0 Å². The number of para-hydroxylation sites is 1. The van der Waals surface area contributed by atoms with Crippen molar-refractivity contribution >= 4 is 11.4 Å². The molecule has 1 rings (SSSR count). The first-order chi connectivity index (χ1) is 7.43. The van der Waals surface area contributed by atoms with Crippen LogP contribution in [0.1, 0.15) is 0 Å². The van der Waals surface area contributed by atoms with Crippen LogP contribution in [0.5, 0.6) is 0 Å². The van der Waals surface area contributed by atoms with E-state index in [9.17, 15) is 23.3 Å². The molecule has 16 heavy (non-hydrogen) atoms. The summed E-state index contributed by atoms with van der Waals surface area (Å²) >= 11 is 0. The van der Waals surface area contributed by atoms with Gasteiger partial charge >= 0.3 is 5.69 Å². The Balaban J connectivity index is 3.12. The summed E-state index contributed by atoms with van der Waals surface area (Å²) in [5, 5.41) is 10.6. The fraction of sp³-hybridized carbons (Fsp3) is 0.333. The second-order valence-corrected chi connectivity index (χ2v) is 3.14. The van der Waals surface area contributed by atoms with Gasteiger partial charge in [0.05, 0.1) is 11.5 Å². The molecule has 0 saturated carbocycles. The number of nitrogens with zero attached hydrogens (tertiary/aromatic N) is 2. The summed E-state index contributed by atoms with van der Waals surface area (Å²) < 4.78 is 37.3. The monoisotopic (exact) mass is 234 g/mol. The summed E-state index contributed by atoms with van der Waals surface area (Å²) in [5.74, 6) is -1.04. The Labute approximate surface area is 89.4 Å². The van der Waals surface area contributed by atoms with Gasteiger partial charge in [0.2, 0.25) is 5.82 Å². The summed E-state index contributed by atoms with van der Waals surface area (Å²) in [4.78, 5) is 10.6. The molecule has 0 amide bonds. The lowest BCUT2D eigenvalue weighted by Gasteiger charge is -2.18. The largest absolute Gasteiger partial charge is 0.363 e. The van der Waals surface area contributed by atoms with E-state index in [4.69, 9.17) is 0 Å². The normalized spacial score (nSPS) is 10.6. The van der Waals surface area contributed by atoms with Crippen LogP contribution in [0.4, 0.5) is 24.5 Å². The topological polar surface area (TPSA) is 46.4 Å². The molecule has 0 spiro atoms. The molecule has 88 valence electrons. The second kappa shape index (κ2) is 4.82.